The topological polar surface area (TPSA) is 66.4 Å². The van der Waals surface area contributed by atoms with Gasteiger partial charge in [0.05, 0.1) is 11.3 Å². The van der Waals surface area contributed by atoms with Crippen LogP contribution < -0.4 is 5.32 Å². The van der Waals surface area contributed by atoms with E-state index in [0.29, 0.717) is 18.7 Å². The molecule has 4 nitrogen and oxygen atoms in total. The summed E-state index contributed by atoms with van der Waals surface area (Å²) in [5, 5.41) is 11.6. The molecule has 0 heterocycles. The van der Waals surface area contributed by atoms with Crippen LogP contribution in [0.1, 0.15) is 29.3 Å². The van der Waals surface area contributed by atoms with E-state index < -0.39 is 5.97 Å². The number of carboxylic acids is 1. The lowest BCUT2D eigenvalue weighted by Gasteiger charge is -2.05. The zero-order valence-corrected chi connectivity index (χ0v) is 11.8. The molecule has 0 aromatic heterocycles. The molecule has 19 heavy (non-hydrogen) atoms. The summed E-state index contributed by atoms with van der Waals surface area (Å²) >= 11 is 1.64. The van der Waals surface area contributed by atoms with Gasteiger partial charge in [0.25, 0.3) is 0 Å². The van der Waals surface area contributed by atoms with Crippen molar-refractivity contribution in [3.05, 3.63) is 35.4 Å². The van der Waals surface area contributed by atoms with Crippen molar-refractivity contribution >= 4 is 23.6 Å². The second kappa shape index (κ2) is 8.58. The van der Waals surface area contributed by atoms with Crippen molar-refractivity contribution in [1.82, 2.24) is 5.32 Å². The molecule has 1 aromatic rings. The van der Waals surface area contributed by atoms with Crippen molar-refractivity contribution in [3.8, 4) is 0 Å². The van der Waals surface area contributed by atoms with Gasteiger partial charge in [-0.15, -0.1) is 0 Å². The van der Waals surface area contributed by atoms with Crippen molar-refractivity contribution in [1.29, 1.82) is 0 Å². The zero-order valence-electron chi connectivity index (χ0n) is 11.0. The van der Waals surface area contributed by atoms with Crippen molar-refractivity contribution in [2.24, 2.45) is 0 Å². The quantitative estimate of drug-likeness (QED) is 0.717. The molecule has 0 saturated carbocycles. The van der Waals surface area contributed by atoms with Crippen LogP contribution in [0.4, 0.5) is 0 Å². The van der Waals surface area contributed by atoms with E-state index in [4.69, 9.17) is 5.11 Å². The lowest BCUT2D eigenvalue weighted by Crippen LogP contribution is -2.27. The maximum atomic E-state index is 11.4. The Morgan fingerprint density at radius 1 is 1.26 bits per heavy atom. The molecule has 0 spiro atoms. The first-order valence-corrected chi connectivity index (χ1v) is 7.45. The van der Waals surface area contributed by atoms with Gasteiger partial charge < -0.3 is 10.4 Å². The first kappa shape index (κ1) is 15.6. The van der Waals surface area contributed by atoms with Crippen LogP contribution in [0.3, 0.4) is 0 Å². The van der Waals surface area contributed by atoms with Crippen LogP contribution in [0.5, 0.6) is 0 Å². The van der Waals surface area contributed by atoms with Crippen molar-refractivity contribution in [2.75, 3.05) is 18.1 Å². The molecule has 0 unspecified atom stereocenters. The smallest absolute Gasteiger partial charge is 0.335 e. The summed E-state index contributed by atoms with van der Waals surface area (Å²) in [5.74, 6) is 0.643. The Morgan fingerprint density at radius 2 is 1.95 bits per heavy atom. The molecule has 0 aliphatic rings. The van der Waals surface area contributed by atoms with Gasteiger partial charge in [-0.2, -0.15) is 11.8 Å². The number of benzene rings is 1. The van der Waals surface area contributed by atoms with Crippen LogP contribution in [0.25, 0.3) is 0 Å². The fourth-order valence-electron chi connectivity index (χ4n) is 1.52. The maximum Gasteiger partial charge on any atom is 0.335 e. The number of carbonyl (C=O) groups excluding carboxylic acids is 1. The minimum Gasteiger partial charge on any atom is -0.478 e. The standard InChI is InChI=1S/C14H19NO3S/c1-2-9-19-10-13(16)15-8-7-11-3-5-12(6-4-11)14(17)18/h3-6H,2,7-10H2,1H3,(H,15,16)(H,17,18). The number of thioether (sulfide) groups is 1. The Morgan fingerprint density at radius 3 is 2.53 bits per heavy atom. The molecule has 0 aliphatic carbocycles. The summed E-state index contributed by atoms with van der Waals surface area (Å²) in [6.07, 6.45) is 1.79. The van der Waals surface area contributed by atoms with Crippen LogP contribution in [0, 0.1) is 0 Å². The molecule has 1 rings (SSSR count). The van der Waals surface area contributed by atoms with E-state index in [1.807, 2.05) is 0 Å². The third-order valence-corrected chi connectivity index (χ3v) is 3.68. The molecule has 0 aliphatic heterocycles. The minimum absolute atomic E-state index is 0.0561. The summed E-state index contributed by atoms with van der Waals surface area (Å²) < 4.78 is 0. The zero-order chi connectivity index (χ0) is 14.1. The molecule has 0 saturated heterocycles. The number of rotatable bonds is 8. The minimum atomic E-state index is -0.923. The average molecular weight is 281 g/mol. The molecule has 0 bridgehead atoms. The highest BCUT2D eigenvalue weighted by molar-refractivity contribution is 7.99. The van der Waals surface area contributed by atoms with E-state index in [1.54, 1.807) is 36.0 Å². The van der Waals surface area contributed by atoms with Crippen LogP contribution in [-0.2, 0) is 11.2 Å². The summed E-state index contributed by atoms with van der Waals surface area (Å²) in [4.78, 5) is 22.1. The van der Waals surface area contributed by atoms with E-state index >= 15 is 0 Å². The van der Waals surface area contributed by atoms with E-state index in [2.05, 4.69) is 12.2 Å². The molecule has 104 valence electrons. The maximum absolute atomic E-state index is 11.4. The number of aromatic carboxylic acids is 1. The van der Waals surface area contributed by atoms with Crippen molar-refractivity contribution in [2.45, 2.75) is 19.8 Å². The van der Waals surface area contributed by atoms with Crippen LogP contribution in [0.2, 0.25) is 0 Å². The summed E-state index contributed by atoms with van der Waals surface area (Å²) in [5.41, 5.74) is 1.30. The Labute approximate surface area is 117 Å². The predicted molar refractivity (Wildman–Crippen MR) is 77.7 cm³/mol. The summed E-state index contributed by atoms with van der Waals surface area (Å²) in [6.45, 7) is 2.67. The Balaban J connectivity index is 2.25. The average Bonchev–Trinajstić information content (AvgIpc) is 2.39. The second-order valence-corrected chi connectivity index (χ2v) is 5.26. The fraction of sp³-hybridized carbons (Fsp3) is 0.429. The predicted octanol–water partition coefficient (Wildman–Crippen LogP) is 2.19. The number of hydrogen-bond acceptors (Lipinski definition) is 3. The van der Waals surface area contributed by atoms with E-state index in [1.165, 1.54) is 0 Å². The number of nitrogens with one attached hydrogen (secondary N) is 1. The number of carbonyl (C=O) groups is 2. The van der Waals surface area contributed by atoms with Crippen LogP contribution in [-0.4, -0.2) is 35.0 Å². The van der Waals surface area contributed by atoms with E-state index in [-0.39, 0.29) is 11.5 Å². The summed E-state index contributed by atoms with van der Waals surface area (Å²) in [6, 6.07) is 6.72. The van der Waals surface area contributed by atoms with E-state index in [9.17, 15) is 9.59 Å². The second-order valence-electron chi connectivity index (χ2n) is 4.15. The van der Waals surface area contributed by atoms with Gasteiger partial charge in [0.15, 0.2) is 0 Å². The third kappa shape index (κ3) is 6.29. The highest BCUT2D eigenvalue weighted by Crippen LogP contribution is 2.05. The lowest BCUT2D eigenvalue weighted by molar-refractivity contribution is -0.118. The molecule has 2 N–H and O–H groups in total. The molecular formula is C14H19NO3S. The van der Waals surface area contributed by atoms with Gasteiger partial charge in [-0.25, -0.2) is 4.79 Å². The largest absolute Gasteiger partial charge is 0.478 e. The molecular weight excluding hydrogens is 262 g/mol. The Kier molecular flexibility index (Phi) is 7.03. The van der Waals surface area contributed by atoms with Gasteiger partial charge in [0.1, 0.15) is 0 Å². The van der Waals surface area contributed by atoms with Gasteiger partial charge in [0, 0.05) is 6.54 Å². The highest BCUT2D eigenvalue weighted by Gasteiger charge is 2.03. The van der Waals surface area contributed by atoms with E-state index in [0.717, 1.165) is 17.7 Å². The van der Waals surface area contributed by atoms with Gasteiger partial charge in [0.2, 0.25) is 5.91 Å². The van der Waals surface area contributed by atoms with Crippen LogP contribution in [0.15, 0.2) is 24.3 Å². The first-order chi connectivity index (χ1) is 9.13. The van der Waals surface area contributed by atoms with Gasteiger partial charge in [-0.05, 0) is 36.3 Å². The fourth-order valence-corrected chi connectivity index (χ4v) is 2.24. The molecule has 0 atom stereocenters. The molecule has 1 aromatic carbocycles. The number of amides is 1. The van der Waals surface area contributed by atoms with Gasteiger partial charge in [-0.3, -0.25) is 4.79 Å². The molecule has 0 radical (unpaired) electrons. The third-order valence-electron chi connectivity index (χ3n) is 2.52. The number of carboxylic acid groups (broad SMARTS) is 1. The Bertz CT molecular complexity index is 417. The van der Waals surface area contributed by atoms with Gasteiger partial charge >= 0.3 is 5.97 Å². The first-order valence-electron chi connectivity index (χ1n) is 6.30. The highest BCUT2D eigenvalue weighted by atomic mass is 32.2. The molecule has 5 heteroatoms. The molecule has 0 fully saturated rings. The van der Waals surface area contributed by atoms with Crippen LogP contribution >= 0.6 is 11.8 Å². The van der Waals surface area contributed by atoms with Crippen molar-refractivity contribution < 1.29 is 14.7 Å². The van der Waals surface area contributed by atoms with Crippen molar-refractivity contribution in [3.63, 3.8) is 0 Å². The molecule has 1 amide bonds. The normalized spacial score (nSPS) is 10.2. The SMILES string of the molecule is CCCSCC(=O)NCCc1ccc(C(=O)O)cc1. The lowest BCUT2D eigenvalue weighted by atomic mass is 10.1. The number of hydrogen-bond donors (Lipinski definition) is 2. The summed E-state index contributed by atoms with van der Waals surface area (Å²) in [7, 11) is 0. The monoisotopic (exact) mass is 281 g/mol. The Hall–Kier alpha value is -1.49. The van der Waals surface area contributed by atoms with Gasteiger partial charge in [-0.1, -0.05) is 19.1 Å².